The predicted molar refractivity (Wildman–Crippen MR) is 128 cm³/mol. The maximum Gasteiger partial charge on any atom is 0.295 e. The largest absolute Gasteiger partial charge is 0.507 e. The number of halogens is 1. The third-order valence-corrected chi connectivity index (χ3v) is 6.68. The summed E-state index contributed by atoms with van der Waals surface area (Å²) in [6.45, 7) is 5.77. The molecule has 2 aliphatic rings. The first-order chi connectivity index (χ1) is 15.9. The molecule has 0 aromatic heterocycles. The summed E-state index contributed by atoms with van der Waals surface area (Å²) in [6, 6.07) is 12.0. The van der Waals surface area contributed by atoms with Crippen molar-refractivity contribution in [3.8, 4) is 5.75 Å². The summed E-state index contributed by atoms with van der Waals surface area (Å²) < 4.78 is 11.6. The van der Waals surface area contributed by atoms with Gasteiger partial charge in [0, 0.05) is 36.2 Å². The number of nitrogens with zero attached hydrogens (tertiary/aromatic N) is 2. The maximum atomic E-state index is 13.2. The van der Waals surface area contributed by atoms with Crippen LogP contribution in [0.15, 0.2) is 52.5 Å². The van der Waals surface area contributed by atoms with E-state index in [1.165, 1.54) is 0 Å². The second kappa shape index (κ2) is 10.1. The molecule has 7 nitrogen and oxygen atoms in total. The third-order valence-electron chi connectivity index (χ3n) is 6.15. The Labute approximate surface area is 201 Å². The molecule has 1 unspecified atom stereocenters. The van der Waals surface area contributed by atoms with E-state index in [1.807, 2.05) is 31.2 Å². The lowest BCUT2D eigenvalue weighted by Gasteiger charge is -2.31. The lowest BCUT2D eigenvalue weighted by atomic mass is 9.95. The van der Waals surface area contributed by atoms with E-state index < -0.39 is 17.7 Å². The molecule has 1 atom stereocenters. The van der Waals surface area contributed by atoms with Crippen LogP contribution in [0.5, 0.6) is 5.75 Å². The molecule has 2 heterocycles. The lowest BCUT2D eigenvalue weighted by molar-refractivity contribution is -0.140. The summed E-state index contributed by atoms with van der Waals surface area (Å²) >= 11 is 3.44. The Bertz CT molecular complexity index is 1080. The van der Waals surface area contributed by atoms with Gasteiger partial charge in [0.25, 0.3) is 11.7 Å². The number of carbonyl (C=O) groups is 2. The number of amides is 1. The van der Waals surface area contributed by atoms with Crippen LogP contribution in [0.1, 0.15) is 22.7 Å². The summed E-state index contributed by atoms with van der Waals surface area (Å²) in [5, 5.41) is 11.2. The molecule has 0 aliphatic carbocycles. The SMILES string of the molecule is COc1ccc(/C(O)=C2\C(=O)C(=O)N(CCN3CCOCC3)C2c2ccc(Br)cc2)cc1C. The Kier molecular flexibility index (Phi) is 7.17. The van der Waals surface area contributed by atoms with Gasteiger partial charge in [-0.15, -0.1) is 0 Å². The van der Waals surface area contributed by atoms with Gasteiger partial charge in [0.15, 0.2) is 0 Å². The lowest BCUT2D eigenvalue weighted by Crippen LogP contribution is -2.42. The van der Waals surface area contributed by atoms with Gasteiger partial charge in [-0.25, -0.2) is 0 Å². The van der Waals surface area contributed by atoms with Gasteiger partial charge >= 0.3 is 0 Å². The number of aliphatic hydroxyl groups excluding tert-OH is 1. The molecule has 8 heteroatoms. The van der Waals surface area contributed by atoms with Gasteiger partial charge in [0.2, 0.25) is 0 Å². The number of morpholine rings is 1. The number of ether oxygens (including phenoxy) is 2. The number of Topliss-reactive ketones (excluding diaryl/α,β-unsaturated/α-hetero) is 1. The van der Waals surface area contributed by atoms with Crippen LogP contribution in [0.4, 0.5) is 0 Å². The summed E-state index contributed by atoms with van der Waals surface area (Å²) in [7, 11) is 1.58. The maximum absolute atomic E-state index is 13.2. The van der Waals surface area contributed by atoms with Crippen molar-refractivity contribution in [1.29, 1.82) is 0 Å². The van der Waals surface area contributed by atoms with E-state index in [9.17, 15) is 14.7 Å². The molecule has 0 bridgehead atoms. The first-order valence-corrected chi connectivity index (χ1v) is 11.7. The highest BCUT2D eigenvalue weighted by atomic mass is 79.9. The fourth-order valence-electron chi connectivity index (χ4n) is 4.36. The molecule has 4 rings (SSSR count). The number of aliphatic hydroxyl groups is 1. The van der Waals surface area contributed by atoms with E-state index in [-0.39, 0.29) is 11.3 Å². The van der Waals surface area contributed by atoms with Gasteiger partial charge in [0.05, 0.1) is 31.9 Å². The van der Waals surface area contributed by atoms with E-state index in [1.54, 1.807) is 30.2 Å². The van der Waals surface area contributed by atoms with Gasteiger partial charge in [-0.05, 0) is 48.4 Å². The summed E-state index contributed by atoms with van der Waals surface area (Å²) in [5.74, 6) is -0.762. The van der Waals surface area contributed by atoms with E-state index in [0.29, 0.717) is 37.6 Å². The van der Waals surface area contributed by atoms with Crippen molar-refractivity contribution in [3.63, 3.8) is 0 Å². The van der Waals surface area contributed by atoms with Crippen molar-refractivity contribution in [2.24, 2.45) is 0 Å². The van der Waals surface area contributed by atoms with E-state index in [0.717, 1.165) is 28.7 Å². The van der Waals surface area contributed by atoms with Crippen molar-refractivity contribution >= 4 is 33.4 Å². The minimum absolute atomic E-state index is 0.105. The van der Waals surface area contributed by atoms with E-state index >= 15 is 0 Å². The van der Waals surface area contributed by atoms with Crippen LogP contribution in [0.2, 0.25) is 0 Å². The van der Waals surface area contributed by atoms with Crippen LogP contribution in [0, 0.1) is 6.92 Å². The monoisotopic (exact) mass is 514 g/mol. The number of rotatable bonds is 6. The highest BCUT2D eigenvalue weighted by Crippen LogP contribution is 2.40. The second-order valence-electron chi connectivity index (χ2n) is 8.18. The molecule has 0 radical (unpaired) electrons. The minimum atomic E-state index is -0.670. The van der Waals surface area contributed by atoms with E-state index in [4.69, 9.17) is 9.47 Å². The molecule has 2 aliphatic heterocycles. The first-order valence-electron chi connectivity index (χ1n) is 10.9. The standard InChI is InChI=1S/C25H27BrN2O5/c1-16-15-18(5-8-20(16)32-2)23(29)21-22(17-3-6-19(26)7-4-17)28(25(31)24(21)30)10-9-27-11-13-33-14-12-27/h3-8,15,22,29H,9-14H2,1-2H3/b23-21+. The number of carbonyl (C=O) groups excluding carboxylic acids is 2. The van der Waals surface area contributed by atoms with Crippen LogP contribution >= 0.6 is 15.9 Å². The van der Waals surface area contributed by atoms with Crippen LogP contribution in [-0.2, 0) is 14.3 Å². The van der Waals surface area contributed by atoms with Gasteiger partial charge < -0.3 is 19.5 Å². The highest BCUT2D eigenvalue weighted by Gasteiger charge is 2.46. The highest BCUT2D eigenvalue weighted by molar-refractivity contribution is 9.10. The van der Waals surface area contributed by atoms with Crippen molar-refractivity contribution in [2.45, 2.75) is 13.0 Å². The molecule has 2 fully saturated rings. The van der Waals surface area contributed by atoms with Crippen LogP contribution in [0.25, 0.3) is 5.76 Å². The number of aryl methyl sites for hydroxylation is 1. The molecule has 174 valence electrons. The summed E-state index contributed by atoms with van der Waals surface area (Å²) in [4.78, 5) is 30.1. The molecular weight excluding hydrogens is 488 g/mol. The average molecular weight is 515 g/mol. The normalized spacial score (nSPS) is 20.9. The Hall–Kier alpha value is -2.68. The van der Waals surface area contributed by atoms with Crippen LogP contribution in [-0.4, -0.2) is 73.1 Å². The van der Waals surface area contributed by atoms with Gasteiger partial charge in [-0.2, -0.15) is 0 Å². The Morgan fingerprint density at radius 2 is 1.82 bits per heavy atom. The van der Waals surface area contributed by atoms with Crippen molar-refractivity contribution in [2.75, 3.05) is 46.5 Å². The Morgan fingerprint density at radius 3 is 2.45 bits per heavy atom. The number of hydrogen-bond donors (Lipinski definition) is 1. The first kappa shape index (κ1) is 23.5. The fourth-order valence-corrected chi connectivity index (χ4v) is 4.62. The van der Waals surface area contributed by atoms with Crippen molar-refractivity contribution in [1.82, 2.24) is 9.80 Å². The van der Waals surface area contributed by atoms with Gasteiger partial charge in [-0.3, -0.25) is 14.5 Å². The second-order valence-corrected chi connectivity index (χ2v) is 9.10. The fraction of sp³-hybridized carbons (Fsp3) is 0.360. The molecule has 0 spiro atoms. The summed E-state index contributed by atoms with van der Waals surface area (Å²) in [6.07, 6.45) is 0. The molecule has 1 N–H and O–H groups in total. The molecular formula is C25H27BrN2O5. The molecule has 2 aromatic rings. The van der Waals surface area contributed by atoms with Crippen LogP contribution in [0.3, 0.4) is 0 Å². The molecule has 0 saturated carbocycles. The molecule has 33 heavy (non-hydrogen) atoms. The van der Waals surface area contributed by atoms with Crippen LogP contribution < -0.4 is 4.74 Å². The molecule has 2 aromatic carbocycles. The van der Waals surface area contributed by atoms with Gasteiger partial charge in [0.1, 0.15) is 11.5 Å². The number of hydrogen-bond acceptors (Lipinski definition) is 6. The zero-order valence-corrected chi connectivity index (χ0v) is 20.3. The third kappa shape index (κ3) is 4.83. The predicted octanol–water partition coefficient (Wildman–Crippen LogP) is 3.52. The zero-order chi connectivity index (χ0) is 23.5. The van der Waals surface area contributed by atoms with Gasteiger partial charge in [-0.1, -0.05) is 28.1 Å². The van der Waals surface area contributed by atoms with Crippen molar-refractivity contribution < 1.29 is 24.2 Å². The molecule has 1 amide bonds. The molecule has 2 saturated heterocycles. The average Bonchev–Trinajstić information content (AvgIpc) is 3.08. The summed E-state index contributed by atoms with van der Waals surface area (Å²) in [5.41, 5.74) is 2.17. The Morgan fingerprint density at radius 1 is 1.12 bits per heavy atom. The Balaban J connectivity index is 1.74. The topological polar surface area (TPSA) is 79.3 Å². The number of benzene rings is 2. The smallest absolute Gasteiger partial charge is 0.295 e. The zero-order valence-electron chi connectivity index (χ0n) is 18.7. The van der Waals surface area contributed by atoms with E-state index in [2.05, 4.69) is 20.8 Å². The quantitative estimate of drug-likeness (QED) is 0.361. The number of methoxy groups -OCH3 is 1. The number of likely N-dealkylation sites (tertiary alicyclic amines) is 1. The number of ketones is 1. The van der Waals surface area contributed by atoms with Crippen molar-refractivity contribution in [3.05, 3.63) is 69.2 Å². The minimum Gasteiger partial charge on any atom is -0.507 e.